The van der Waals surface area contributed by atoms with Crippen LogP contribution in [0, 0.1) is 0 Å². The van der Waals surface area contributed by atoms with Crippen molar-refractivity contribution < 1.29 is 12.6 Å². The van der Waals surface area contributed by atoms with Gasteiger partial charge in [0.1, 0.15) is 0 Å². The third-order valence-electron chi connectivity index (χ3n) is 3.73. The van der Waals surface area contributed by atoms with E-state index in [2.05, 4.69) is 6.92 Å². The first-order chi connectivity index (χ1) is 10.4. The first-order valence-electron chi connectivity index (χ1n) is 8.03. The Morgan fingerprint density at radius 3 is 2.36 bits per heavy atom. The molecule has 0 heterocycles. The van der Waals surface area contributed by atoms with E-state index < -0.39 is 10.1 Å². The quantitative estimate of drug-likeness (QED) is 0.411. The molecule has 1 aromatic carbocycles. The molecule has 0 bridgehead atoms. The standard InChI is InChI=1S/C17H27ClO3S/c1-3-4-5-6-7-8-11-15(14-21-22(2,19)20)16-12-9-10-13-17(16)18/h9-10,12-13,15H,3-8,11,14H2,1-2H3. The molecular formula is C17H27ClO3S. The maximum Gasteiger partial charge on any atom is 0.264 e. The summed E-state index contributed by atoms with van der Waals surface area (Å²) >= 11 is 6.25. The van der Waals surface area contributed by atoms with Crippen molar-refractivity contribution in [1.29, 1.82) is 0 Å². The third-order valence-corrected chi connectivity index (χ3v) is 4.64. The molecule has 22 heavy (non-hydrogen) atoms. The normalized spacial score (nSPS) is 13.2. The Morgan fingerprint density at radius 1 is 1.09 bits per heavy atom. The van der Waals surface area contributed by atoms with Gasteiger partial charge < -0.3 is 0 Å². The van der Waals surface area contributed by atoms with Crippen LogP contribution in [0.25, 0.3) is 0 Å². The van der Waals surface area contributed by atoms with Crippen molar-refractivity contribution in [2.75, 3.05) is 12.9 Å². The number of hydrogen-bond acceptors (Lipinski definition) is 3. The maximum absolute atomic E-state index is 11.2. The molecule has 0 radical (unpaired) electrons. The Bertz CT molecular complexity index is 528. The van der Waals surface area contributed by atoms with Gasteiger partial charge >= 0.3 is 0 Å². The van der Waals surface area contributed by atoms with Gasteiger partial charge in [0.05, 0.1) is 12.9 Å². The van der Waals surface area contributed by atoms with E-state index >= 15 is 0 Å². The van der Waals surface area contributed by atoms with Crippen LogP contribution in [0.3, 0.4) is 0 Å². The third kappa shape index (κ3) is 8.16. The van der Waals surface area contributed by atoms with Crippen molar-refractivity contribution in [3.63, 3.8) is 0 Å². The second kappa shape index (κ2) is 10.2. The zero-order valence-corrected chi connectivity index (χ0v) is 15.1. The second-order valence-electron chi connectivity index (χ2n) is 5.76. The molecular weight excluding hydrogens is 320 g/mol. The van der Waals surface area contributed by atoms with Gasteiger partial charge in [-0.1, -0.05) is 75.2 Å². The summed E-state index contributed by atoms with van der Waals surface area (Å²) in [7, 11) is -3.43. The molecule has 5 heteroatoms. The molecule has 0 fully saturated rings. The van der Waals surface area contributed by atoms with Crippen LogP contribution in [0.15, 0.2) is 24.3 Å². The van der Waals surface area contributed by atoms with Crippen LogP contribution >= 0.6 is 11.6 Å². The fourth-order valence-electron chi connectivity index (χ4n) is 2.51. The zero-order valence-electron chi connectivity index (χ0n) is 13.6. The van der Waals surface area contributed by atoms with Crippen molar-refractivity contribution in [2.45, 2.75) is 57.8 Å². The van der Waals surface area contributed by atoms with Crippen molar-refractivity contribution in [1.82, 2.24) is 0 Å². The van der Waals surface area contributed by atoms with E-state index in [0.29, 0.717) is 5.02 Å². The van der Waals surface area contributed by atoms with E-state index in [9.17, 15) is 8.42 Å². The van der Waals surface area contributed by atoms with Gasteiger partial charge in [-0.15, -0.1) is 0 Å². The van der Waals surface area contributed by atoms with Crippen molar-refractivity contribution >= 4 is 21.7 Å². The summed E-state index contributed by atoms with van der Waals surface area (Å²) in [5, 5.41) is 0.676. The predicted octanol–water partition coefficient (Wildman–Crippen LogP) is 5.15. The van der Waals surface area contributed by atoms with Gasteiger partial charge in [0.25, 0.3) is 10.1 Å². The molecule has 0 amide bonds. The summed E-state index contributed by atoms with van der Waals surface area (Å²) in [5.74, 6) is 0.0228. The smallest absolute Gasteiger partial charge is 0.264 e. The molecule has 1 rings (SSSR count). The summed E-state index contributed by atoms with van der Waals surface area (Å²) in [6.07, 6.45) is 9.23. The van der Waals surface area contributed by atoms with Gasteiger partial charge in [-0.3, -0.25) is 4.18 Å². The minimum atomic E-state index is -3.43. The number of rotatable bonds is 11. The van der Waals surface area contributed by atoms with Crippen LogP contribution in [-0.4, -0.2) is 21.3 Å². The summed E-state index contributed by atoms with van der Waals surface area (Å²) in [6.45, 7) is 2.37. The summed E-state index contributed by atoms with van der Waals surface area (Å²) in [6, 6.07) is 7.60. The van der Waals surface area contributed by atoms with Crippen LogP contribution in [0.2, 0.25) is 5.02 Å². The van der Waals surface area contributed by atoms with E-state index in [1.165, 1.54) is 32.1 Å². The van der Waals surface area contributed by atoms with E-state index in [-0.39, 0.29) is 12.5 Å². The lowest BCUT2D eigenvalue weighted by Gasteiger charge is -2.18. The van der Waals surface area contributed by atoms with Crippen LogP contribution in [0.4, 0.5) is 0 Å². The Labute approximate surface area is 140 Å². The average Bonchev–Trinajstić information content (AvgIpc) is 2.46. The van der Waals surface area contributed by atoms with Crippen LogP contribution in [0.5, 0.6) is 0 Å². The highest BCUT2D eigenvalue weighted by Gasteiger charge is 2.17. The largest absolute Gasteiger partial charge is 0.270 e. The average molecular weight is 347 g/mol. The SMILES string of the molecule is CCCCCCCCC(COS(C)(=O)=O)c1ccccc1Cl. The fraction of sp³-hybridized carbons (Fsp3) is 0.647. The number of benzene rings is 1. The highest BCUT2D eigenvalue weighted by Crippen LogP contribution is 2.29. The number of unbranched alkanes of at least 4 members (excludes halogenated alkanes) is 5. The lowest BCUT2D eigenvalue weighted by Crippen LogP contribution is -2.13. The van der Waals surface area contributed by atoms with Gasteiger partial charge in [0, 0.05) is 10.9 Å². The zero-order chi connectivity index (χ0) is 16.4. The minimum absolute atomic E-state index is 0.0228. The van der Waals surface area contributed by atoms with Crippen LogP contribution in [-0.2, 0) is 14.3 Å². The van der Waals surface area contributed by atoms with Crippen molar-refractivity contribution in [3.05, 3.63) is 34.9 Å². The molecule has 1 aromatic rings. The molecule has 1 atom stereocenters. The fourth-order valence-corrected chi connectivity index (χ4v) is 3.21. The topological polar surface area (TPSA) is 43.4 Å². The first kappa shape index (κ1) is 19.5. The summed E-state index contributed by atoms with van der Waals surface area (Å²) < 4.78 is 27.5. The molecule has 1 unspecified atom stereocenters. The molecule has 0 saturated carbocycles. The van der Waals surface area contributed by atoms with E-state index in [1.807, 2.05) is 24.3 Å². The molecule has 0 aliphatic carbocycles. The summed E-state index contributed by atoms with van der Waals surface area (Å²) in [5.41, 5.74) is 0.973. The molecule has 0 aliphatic heterocycles. The minimum Gasteiger partial charge on any atom is -0.270 e. The molecule has 0 spiro atoms. The van der Waals surface area contributed by atoms with Gasteiger partial charge in [0.2, 0.25) is 0 Å². The van der Waals surface area contributed by atoms with Crippen LogP contribution in [0.1, 0.15) is 63.4 Å². The molecule has 126 valence electrons. The number of halogens is 1. The maximum atomic E-state index is 11.2. The molecule has 0 N–H and O–H groups in total. The van der Waals surface area contributed by atoms with Gasteiger partial charge in [-0.2, -0.15) is 8.42 Å². The Balaban J connectivity index is 2.57. The Hall–Kier alpha value is -0.580. The lowest BCUT2D eigenvalue weighted by molar-refractivity contribution is 0.285. The number of hydrogen-bond donors (Lipinski definition) is 0. The first-order valence-corrected chi connectivity index (χ1v) is 10.2. The lowest BCUT2D eigenvalue weighted by atomic mass is 9.93. The van der Waals surface area contributed by atoms with E-state index in [4.69, 9.17) is 15.8 Å². The van der Waals surface area contributed by atoms with E-state index in [1.54, 1.807) is 0 Å². The highest BCUT2D eigenvalue weighted by atomic mass is 35.5. The molecule has 3 nitrogen and oxygen atoms in total. The van der Waals surface area contributed by atoms with Gasteiger partial charge in [0.15, 0.2) is 0 Å². The van der Waals surface area contributed by atoms with Gasteiger partial charge in [-0.05, 0) is 18.1 Å². The monoisotopic (exact) mass is 346 g/mol. The molecule has 0 saturated heterocycles. The van der Waals surface area contributed by atoms with Crippen molar-refractivity contribution in [2.24, 2.45) is 0 Å². The Morgan fingerprint density at radius 2 is 1.73 bits per heavy atom. The van der Waals surface area contributed by atoms with E-state index in [0.717, 1.165) is 24.7 Å². The predicted molar refractivity (Wildman–Crippen MR) is 93.0 cm³/mol. The van der Waals surface area contributed by atoms with Crippen molar-refractivity contribution in [3.8, 4) is 0 Å². The summed E-state index contributed by atoms with van der Waals surface area (Å²) in [4.78, 5) is 0. The van der Waals surface area contributed by atoms with Crippen LogP contribution < -0.4 is 0 Å². The molecule has 0 aromatic heterocycles. The molecule has 0 aliphatic rings. The highest BCUT2D eigenvalue weighted by molar-refractivity contribution is 7.85. The Kier molecular flexibility index (Phi) is 9.06. The second-order valence-corrected chi connectivity index (χ2v) is 7.81. The van der Waals surface area contributed by atoms with Gasteiger partial charge in [-0.25, -0.2) is 0 Å².